The van der Waals surface area contributed by atoms with Gasteiger partial charge in [0.15, 0.2) is 11.5 Å². The maximum atomic E-state index is 14.3. The molecule has 1 aliphatic rings. The van der Waals surface area contributed by atoms with Crippen LogP contribution in [0.15, 0.2) is 41.1 Å². The van der Waals surface area contributed by atoms with E-state index in [4.69, 9.17) is 9.47 Å². The van der Waals surface area contributed by atoms with Crippen LogP contribution in [-0.2, 0) is 0 Å². The smallest absolute Gasteiger partial charge is 0.364 e. The molecule has 1 aliphatic heterocycles. The van der Waals surface area contributed by atoms with Gasteiger partial charge in [0.2, 0.25) is 11.6 Å². The van der Waals surface area contributed by atoms with Gasteiger partial charge in [-0.15, -0.1) is 0 Å². The maximum absolute atomic E-state index is 14.3. The molecule has 37 heavy (non-hydrogen) atoms. The third-order valence-corrected chi connectivity index (χ3v) is 6.46. The zero-order valence-corrected chi connectivity index (χ0v) is 21.0. The highest BCUT2D eigenvalue weighted by Crippen LogP contribution is 2.45. The number of hydrogen-bond donors (Lipinski definition) is 8. The summed E-state index contributed by atoms with van der Waals surface area (Å²) in [5.41, 5.74) is -3.63. The molecule has 0 saturated carbocycles. The Morgan fingerprint density at radius 1 is 1.03 bits per heavy atom. The van der Waals surface area contributed by atoms with Gasteiger partial charge in [-0.2, -0.15) is 0 Å². The Balaban J connectivity index is 1.76. The number of aromatic nitrogens is 2. The molecule has 0 radical (unpaired) electrons. The number of aliphatic hydroxyl groups is 7. The van der Waals surface area contributed by atoms with Crippen LogP contribution in [0, 0.1) is 5.82 Å². The van der Waals surface area contributed by atoms with Crippen molar-refractivity contribution < 1.29 is 49.6 Å². The van der Waals surface area contributed by atoms with Crippen molar-refractivity contribution >= 4 is 38.3 Å². The number of likely N-dealkylation sites (tertiary alicyclic amines) is 1. The van der Waals surface area contributed by atoms with E-state index in [0.717, 1.165) is 17.3 Å². The average Bonchev–Trinajstić information content (AvgIpc) is 2.77. The van der Waals surface area contributed by atoms with E-state index in [9.17, 15) is 40.1 Å². The molecule has 4 rings (SSSR count). The van der Waals surface area contributed by atoms with Crippen molar-refractivity contribution in [3.63, 3.8) is 0 Å². The largest absolute Gasteiger partial charge is 0.493 e. The van der Waals surface area contributed by atoms with Crippen molar-refractivity contribution in [2.24, 2.45) is 0 Å². The van der Waals surface area contributed by atoms with Crippen LogP contribution >= 0.6 is 15.9 Å². The molecule has 0 spiro atoms. The van der Waals surface area contributed by atoms with Gasteiger partial charge in [-0.05, 0) is 31.3 Å². The summed E-state index contributed by atoms with van der Waals surface area (Å²) in [7, 11) is 2.47. The van der Waals surface area contributed by atoms with Gasteiger partial charge in [-0.1, -0.05) is 15.9 Å². The molecule has 2 aromatic carbocycles. The van der Waals surface area contributed by atoms with E-state index in [0.29, 0.717) is 4.47 Å². The molecule has 2 heterocycles. The van der Waals surface area contributed by atoms with Gasteiger partial charge in [-0.25, -0.2) is 14.4 Å². The number of benzene rings is 2. The van der Waals surface area contributed by atoms with Crippen molar-refractivity contribution in [3.05, 3.63) is 46.9 Å². The molecule has 0 aliphatic carbocycles. The van der Waals surface area contributed by atoms with Crippen LogP contribution in [0.5, 0.6) is 11.5 Å². The first-order chi connectivity index (χ1) is 17.1. The minimum Gasteiger partial charge on any atom is -0.493 e. The number of hydrogen-bond acceptors (Lipinski definition) is 13. The van der Waals surface area contributed by atoms with Gasteiger partial charge in [0.25, 0.3) is 5.60 Å². The molecule has 3 aromatic rings. The van der Waals surface area contributed by atoms with Crippen LogP contribution in [0.25, 0.3) is 10.9 Å². The lowest BCUT2D eigenvalue weighted by Gasteiger charge is -2.55. The molecular formula is C22H24BrFN4O9. The number of rotatable bonds is 6. The number of fused-ring (bicyclic) bond motifs is 1. The molecule has 0 amide bonds. The summed E-state index contributed by atoms with van der Waals surface area (Å²) in [6.45, 7) is -1.61. The second-order valence-electron chi connectivity index (χ2n) is 8.72. The van der Waals surface area contributed by atoms with Gasteiger partial charge in [0.05, 0.1) is 31.4 Å². The number of nitrogens with zero attached hydrogens (tertiary/aromatic N) is 3. The maximum Gasteiger partial charge on any atom is 0.364 e. The predicted molar refractivity (Wildman–Crippen MR) is 128 cm³/mol. The zero-order chi connectivity index (χ0) is 27.4. The number of nitrogens with one attached hydrogen (secondary N) is 1. The molecule has 0 unspecified atom stereocenters. The van der Waals surface area contributed by atoms with Crippen molar-refractivity contribution in [1.82, 2.24) is 14.9 Å². The van der Waals surface area contributed by atoms with Crippen LogP contribution in [0.2, 0.25) is 0 Å². The zero-order valence-electron chi connectivity index (χ0n) is 19.4. The molecule has 1 saturated heterocycles. The molecule has 15 heteroatoms. The Kier molecular flexibility index (Phi) is 6.81. The number of anilines is 2. The number of methoxy groups -OCH3 is 1. The molecule has 13 nitrogen and oxygen atoms in total. The molecule has 0 atom stereocenters. The summed E-state index contributed by atoms with van der Waals surface area (Å²) >= 11 is 3.17. The van der Waals surface area contributed by atoms with Crippen LogP contribution in [-0.4, -0.2) is 101 Å². The highest BCUT2D eigenvalue weighted by Gasteiger charge is 2.77. The molecule has 0 bridgehead atoms. The van der Waals surface area contributed by atoms with E-state index >= 15 is 0 Å². The summed E-state index contributed by atoms with van der Waals surface area (Å²) in [4.78, 5) is 9.20. The van der Waals surface area contributed by atoms with Crippen LogP contribution in [0.4, 0.5) is 15.9 Å². The second kappa shape index (κ2) is 9.23. The highest BCUT2D eigenvalue weighted by atomic mass is 79.9. The Labute approximate surface area is 217 Å². The SMILES string of the molecule is COc1cc2c(Nc3ccc(Br)cc3F)ncnc2cc1OC(O)(O)C1(O)C(O)(O)CN(C)CC1(O)O. The lowest BCUT2D eigenvalue weighted by atomic mass is 9.77. The minimum absolute atomic E-state index is 0.0983. The van der Waals surface area contributed by atoms with Crippen molar-refractivity contribution in [2.75, 3.05) is 32.6 Å². The van der Waals surface area contributed by atoms with Crippen LogP contribution < -0.4 is 14.8 Å². The lowest BCUT2D eigenvalue weighted by molar-refractivity contribution is -0.507. The summed E-state index contributed by atoms with van der Waals surface area (Å²) in [5.74, 6) is -12.0. The third kappa shape index (κ3) is 4.58. The fourth-order valence-electron chi connectivity index (χ4n) is 4.23. The summed E-state index contributed by atoms with van der Waals surface area (Å²) in [6.07, 6.45) is 1.13. The van der Waals surface area contributed by atoms with E-state index < -0.39 is 47.8 Å². The standard InChI is InChI=1S/C22H24BrFN4O9/c1-28-8-19(29,30)21(33,20(31,32)9-28)22(34,35)37-17-7-15-12(6-16(17)36-2)18(26-10-25-15)27-14-4-3-11(23)5-13(14)24/h3-7,10,29-35H,8-9H2,1-2H3,(H,25,26,27). The van der Waals surface area contributed by atoms with Gasteiger partial charge in [0, 0.05) is 15.9 Å². The summed E-state index contributed by atoms with van der Waals surface area (Å²) in [5, 5.41) is 76.9. The highest BCUT2D eigenvalue weighted by molar-refractivity contribution is 9.10. The monoisotopic (exact) mass is 586 g/mol. The lowest BCUT2D eigenvalue weighted by Crippen LogP contribution is -2.85. The van der Waals surface area contributed by atoms with Gasteiger partial charge in [0.1, 0.15) is 18.0 Å². The van der Waals surface area contributed by atoms with Crippen LogP contribution in [0.1, 0.15) is 0 Å². The van der Waals surface area contributed by atoms with E-state index in [1.165, 1.54) is 32.4 Å². The number of likely N-dealkylation sites (N-methyl/N-ethyl adjacent to an activating group) is 1. The molecule has 8 N–H and O–H groups in total. The molecule has 200 valence electrons. The first-order valence-corrected chi connectivity index (χ1v) is 11.4. The Morgan fingerprint density at radius 3 is 2.27 bits per heavy atom. The van der Waals surface area contributed by atoms with Crippen molar-refractivity contribution in [1.29, 1.82) is 0 Å². The molecule has 1 fully saturated rings. The Morgan fingerprint density at radius 2 is 1.68 bits per heavy atom. The van der Waals surface area contributed by atoms with Crippen molar-refractivity contribution in [3.8, 4) is 11.5 Å². The fourth-order valence-corrected chi connectivity index (χ4v) is 4.56. The predicted octanol–water partition coefficient (Wildman–Crippen LogP) is -0.661. The Hall–Kier alpha value is -2.73. The van der Waals surface area contributed by atoms with E-state index in [-0.39, 0.29) is 28.2 Å². The normalized spacial score (nSPS) is 19.0. The molecular weight excluding hydrogens is 563 g/mol. The molecule has 1 aromatic heterocycles. The third-order valence-electron chi connectivity index (χ3n) is 5.97. The van der Waals surface area contributed by atoms with E-state index in [1.807, 2.05) is 0 Å². The van der Waals surface area contributed by atoms with E-state index in [2.05, 4.69) is 31.2 Å². The van der Waals surface area contributed by atoms with E-state index in [1.54, 1.807) is 6.07 Å². The average molecular weight is 587 g/mol. The summed E-state index contributed by atoms with van der Waals surface area (Å²) < 4.78 is 25.2. The summed E-state index contributed by atoms with van der Waals surface area (Å²) in [6, 6.07) is 6.77. The first-order valence-electron chi connectivity index (χ1n) is 10.6. The quantitative estimate of drug-likeness (QED) is 0.169. The first kappa shape index (κ1) is 27.3. The number of β-amino-alcohol motifs (C(OH)–C–C–N with tert-alkyl or cyclic N) is 4. The second-order valence-corrected chi connectivity index (χ2v) is 9.63. The number of piperidine rings is 1. The fraction of sp³-hybridized carbons (Fsp3) is 0.364. The number of ether oxygens (including phenoxy) is 2. The topological polar surface area (TPSA) is 201 Å². The van der Waals surface area contributed by atoms with Gasteiger partial charge < -0.3 is 50.5 Å². The van der Waals surface area contributed by atoms with Gasteiger partial charge >= 0.3 is 5.97 Å². The van der Waals surface area contributed by atoms with Crippen molar-refractivity contribution in [2.45, 2.75) is 23.1 Å². The minimum atomic E-state index is -3.99. The number of halogens is 2. The van der Waals surface area contributed by atoms with Crippen LogP contribution in [0.3, 0.4) is 0 Å². The van der Waals surface area contributed by atoms with Gasteiger partial charge in [-0.3, -0.25) is 4.90 Å². The Bertz CT molecular complexity index is 1320.